The molecule has 2 N–H and O–H groups in total. The average Bonchev–Trinajstić information content (AvgIpc) is 2.49. The van der Waals surface area contributed by atoms with Gasteiger partial charge in [0, 0.05) is 18.3 Å². The summed E-state index contributed by atoms with van der Waals surface area (Å²) in [7, 11) is 1.70. The smallest absolute Gasteiger partial charge is 0.323 e. The van der Waals surface area contributed by atoms with Crippen LogP contribution in [-0.2, 0) is 0 Å². The van der Waals surface area contributed by atoms with E-state index >= 15 is 0 Å². The molecule has 21 heavy (non-hydrogen) atoms. The molecular formula is C14H18FN5O. The van der Waals surface area contributed by atoms with Gasteiger partial charge in [-0.2, -0.15) is 15.0 Å². The SMILES string of the molecule is CCCOc1nc(NC)nc(Nc2cccc(F)c2C)n1. The standard InChI is InChI=1S/C14H18FN5O/c1-4-8-21-14-19-12(16-3)18-13(20-14)17-11-7-5-6-10(15)9(11)2/h5-7H,4,8H2,1-3H3,(H2,16,17,18,19,20). The summed E-state index contributed by atoms with van der Waals surface area (Å²) in [4.78, 5) is 12.4. The molecule has 1 heterocycles. The number of ether oxygens (including phenoxy) is 1. The maximum Gasteiger partial charge on any atom is 0.323 e. The predicted octanol–water partition coefficient (Wildman–Crippen LogP) is 2.89. The second-order valence-electron chi connectivity index (χ2n) is 4.40. The molecule has 0 amide bonds. The Balaban J connectivity index is 2.28. The van der Waals surface area contributed by atoms with Crippen LogP contribution in [0.15, 0.2) is 18.2 Å². The van der Waals surface area contributed by atoms with Crippen molar-refractivity contribution in [2.75, 3.05) is 24.3 Å². The van der Waals surface area contributed by atoms with Crippen molar-refractivity contribution in [1.29, 1.82) is 0 Å². The topological polar surface area (TPSA) is 72.0 Å². The first-order chi connectivity index (χ1) is 10.1. The summed E-state index contributed by atoms with van der Waals surface area (Å²) in [5.41, 5.74) is 1.10. The van der Waals surface area contributed by atoms with Gasteiger partial charge in [0.2, 0.25) is 11.9 Å². The highest BCUT2D eigenvalue weighted by Gasteiger charge is 2.09. The average molecular weight is 291 g/mol. The Morgan fingerprint density at radius 2 is 1.95 bits per heavy atom. The Morgan fingerprint density at radius 1 is 1.19 bits per heavy atom. The molecule has 0 saturated heterocycles. The van der Waals surface area contributed by atoms with Crippen molar-refractivity contribution in [2.24, 2.45) is 0 Å². The molecule has 1 aromatic heterocycles. The zero-order valence-corrected chi connectivity index (χ0v) is 12.3. The van der Waals surface area contributed by atoms with Crippen LogP contribution in [-0.4, -0.2) is 28.6 Å². The fourth-order valence-corrected chi connectivity index (χ4v) is 1.65. The molecule has 0 radical (unpaired) electrons. The van der Waals surface area contributed by atoms with Crippen LogP contribution in [0.3, 0.4) is 0 Å². The number of anilines is 3. The molecule has 0 aliphatic rings. The Morgan fingerprint density at radius 3 is 2.67 bits per heavy atom. The molecule has 112 valence electrons. The first-order valence-electron chi connectivity index (χ1n) is 6.72. The van der Waals surface area contributed by atoms with Crippen LogP contribution in [0, 0.1) is 12.7 Å². The lowest BCUT2D eigenvalue weighted by Gasteiger charge is -2.11. The number of hydrogen-bond acceptors (Lipinski definition) is 6. The van der Waals surface area contributed by atoms with Gasteiger partial charge in [0.05, 0.1) is 6.61 Å². The molecular weight excluding hydrogens is 273 g/mol. The van der Waals surface area contributed by atoms with E-state index in [1.165, 1.54) is 6.07 Å². The number of hydrogen-bond donors (Lipinski definition) is 2. The van der Waals surface area contributed by atoms with Crippen LogP contribution < -0.4 is 15.4 Å². The van der Waals surface area contributed by atoms with Crippen molar-refractivity contribution in [3.63, 3.8) is 0 Å². The van der Waals surface area contributed by atoms with Gasteiger partial charge in [0.25, 0.3) is 0 Å². The number of benzene rings is 1. The van der Waals surface area contributed by atoms with E-state index in [1.807, 2.05) is 6.92 Å². The molecule has 6 nitrogen and oxygen atoms in total. The van der Waals surface area contributed by atoms with Crippen LogP contribution in [0.25, 0.3) is 0 Å². The highest BCUT2D eigenvalue weighted by atomic mass is 19.1. The van der Waals surface area contributed by atoms with Crippen molar-refractivity contribution in [2.45, 2.75) is 20.3 Å². The summed E-state index contributed by atoms with van der Waals surface area (Å²) in [6.45, 7) is 4.20. The van der Waals surface area contributed by atoms with Gasteiger partial charge in [-0.1, -0.05) is 13.0 Å². The molecule has 2 rings (SSSR count). The molecule has 0 unspecified atom stereocenters. The maximum atomic E-state index is 13.5. The van der Waals surface area contributed by atoms with E-state index in [9.17, 15) is 4.39 Å². The van der Waals surface area contributed by atoms with Crippen molar-refractivity contribution >= 4 is 17.6 Å². The Labute approximate surface area is 122 Å². The minimum atomic E-state index is -0.287. The molecule has 7 heteroatoms. The summed E-state index contributed by atoms with van der Waals surface area (Å²) in [5, 5.41) is 5.82. The van der Waals surface area contributed by atoms with E-state index in [-0.39, 0.29) is 11.8 Å². The van der Waals surface area contributed by atoms with Gasteiger partial charge in [-0.3, -0.25) is 0 Å². The maximum absolute atomic E-state index is 13.5. The van der Waals surface area contributed by atoms with Crippen LogP contribution in [0.5, 0.6) is 6.01 Å². The van der Waals surface area contributed by atoms with Crippen molar-refractivity contribution in [3.8, 4) is 6.01 Å². The minimum absolute atomic E-state index is 0.229. The third kappa shape index (κ3) is 3.77. The summed E-state index contributed by atoms with van der Waals surface area (Å²) >= 11 is 0. The fraction of sp³-hybridized carbons (Fsp3) is 0.357. The number of halogens is 1. The summed E-state index contributed by atoms with van der Waals surface area (Å²) in [5.74, 6) is 0.396. The number of aromatic nitrogens is 3. The van der Waals surface area contributed by atoms with E-state index in [4.69, 9.17) is 4.74 Å². The second kappa shape index (κ2) is 6.83. The zero-order chi connectivity index (χ0) is 15.2. The molecule has 0 fully saturated rings. The highest BCUT2D eigenvalue weighted by molar-refractivity contribution is 5.59. The normalized spacial score (nSPS) is 10.3. The molecule has 0 aliphatic carbocycles. The van der Waals surface area contributed by atoms with Gasteiger partial charge < -0.3 is 15.4 Å². The number of rotatable bonds is 6. The monoisotopic (exact) mass is 291 g/mol. The van der Waals surface area contributed by atoms with Gasteiger partial charge in [0.1, 0.15) is 5.82 Å². The Kier molecular flexibility index (Phi) is 4.86. The zero-order valence-electron chi connectivity index (χ0n) is 12.3. The van der Waals surface area contributed by atoms with E-state index < -0.39 is 0 Å². The largest absolute Gasteiger partial charge is 0.463 e. The Hall–Kier alpha value is -2.44. The fourth-order valence-electron chi connectivity index (χ4n) is 1.65. The van der Waals surface area contributed by atoms with Gasteiger partial charge in [-0.05, 0) is 25.5 Å². The first kappa shape index (κ1) is 15.0. The lowest BCUT2D eigenvalue weighted by atomic mass is 10.2. The van der Waals surface area contributed by atoms with E-state index in [1.54, 1.807) is 26.1 Å². The third-order valence-corrected chi connectivity index (χ3v) is 2.79. The van der Waals surface area contributed by atoms with E-state index in [2.05, 4.69) is 25.6 Å². The Bertz CT molecular complexity index is 620. The van der Waals surface area contributed by atoms with Crippen molar-refractivity contribution in [1.82, 2.24) is 15.0 Å². The third-order valence-electron chi connectivity index (χ3n) is 2.79. The molecule has 0 bridgehead atoms. The van der Waals surface area contributed by atoms with Gasteiger partial charge in [-0.25, -0.2) is 4.39 Å². The van der Waals surface area contributed by atoms with Gasteiger partial charge in [-0.15, -0.1) is 0 Å². The van der Waals surface area contributed by atoms with Crippen molar-refractivity contribution in [3.05, 3.63) is 29.6 Å². The molecule has 0 spiro atoms. The molecule has 2 aromatic rings. The van der Waals surface area contributed by atoms with Crippen LogP contribution >= 0.6 is 0 Å². The number of nitrogens with zero attached hydrogens (tertiary/aromatic N) is 3. The second-order valence-corrected chi connectivity index (χ2v) is 4.40. The van der Waals surface area contributed by atoms with Crippen molar-refractivity contribution < 1.29 is 9.13 Å². The molecule has 0 saturated carbocycles. The summed E-state index contributed by atoms with van der Waals surface area (Å²) in [6, 6.07) is 5.02. The highest BCUT2D eigenvalue weighted by Crippen LogP contribution is 2.21. The molecule has 0 atom stereocenters. The minimum Gasteiger partial charge on any atom is -0.463 e. The lowest BCUT2D eigenvalue weighted by Crippen LogP contribution is -2.08. The molecule has 0 aliphatic heterocycles. The van der Waals surface area contributed by atoms with Gasteiger partial charge in [0.15, 0.2) is 0 Å². The van der Waals surface area contributed by atoms with Crippen LogP contribution in [0.1, 0.15) is 18.9 Å². The van der Waals surface area contributed by atoms with E-state index in [0.717, 1.165) is 6.42 Å². The first-order valence-corrected chi connectivity index (χ1v) is 6.72. The van der Waals surface area contributed by atoms with Gasteiger partial charge >= 0.3 is 6.01 Å². The van der Waals surface area contributed by atoms with Crippen LogP contribution in [0.2, 0.25) is 0 Å². The quantitative estimate of drug-likeness (QED) is 0.852. The van der Waals surface area contributed by atoms with Crippen LogP contribution in [0.4, 0.5) is 22.0 Å². The summed E-state index contributed by atoms with van der Waals surface area (Å²) < 4.78 is 19.0. The summed E-state index contributed by atoms with van der Waals surface area (Å²) in [6.07, 6.45) is 0.854. The lowest BCUT2D eigenvalue weighted by molar-refractivity contribution is 0.292. The van der Waals surface area contributed by atoms with E-state index in [0.29, 0.717) is 29.8 Å². The number of nitrogens with one attached hydrogen (secondary N) is 2. The molecule has 1 aromatic carbocycles. The predicted molar refractivity (Wildman–Crippen MR) is 79.6 cm³/mol.